The highest BCUT2D eigenvalue weighted by Gasteiger charge is 2.26. The first kappa shape index (κ1) is 14.1. The molecule has 0 radical (unpaired) electrons. The first-order chi connectivity index (χ1) is 7.74. The van der Waals surface area contributed by atoms with Crippen LogP contribution in [0.5, 0.6) is 0 Å². The van der Waals surface area contributed by atoms with Crippen molar-refractivity contribution in [3.05, 3.63) is 31.3 Å². The van der Waals surface area contributed by atoms with Crippen LogP contribution < -0.4 is 0 Å². The number of azo groups is 1. The van der Waals surface area contributed by atoms with E-state index in [1.165, 1.54) is 6.07 Å². The minimum atomic E-state index is -0.506. The predicted molar refractivity (Wildman–Crippen MR) is 72.1 cm³/mol. The molecule has 0 aliphatic heterocycles. The van der Waals surface area contributed by atoms with Crippen LogP contribution in [-0.2, 0) is 0 Å². The first-order valence-electron chi connectivity index (χ1n) is 4.79. The summed E-state index contributed by atoms with van der Waals surface area (Å²) in [6.45, 7) is 5.42. The highest BCUT2D eigenvalue weighted by molar-refractivity contribution is 9.13. The van der Waals surface area contributed by atoms with Gasteiger partial charge in [0.1, 0.15) is 5.54 Å². The van der Waals surface area contributed by atoms with Crippen LogP contribution in [0.1, 0.15) is 20.8 Å². The third-order valence-corrected chi connectivity index (χ3v) is 3.57. The Balaban J connectivity index is 3.37. The van der Waals surface area contributed by atoms with Crippen LogP contribution in [0.15, 0.2) is 26.2 Å². The lowest BCUT2D eigenvalue weighted by Crippen LogP contribution is -2.12. The van der Waals surface area contributed by atoms with Gasteiger partial charge in [-0.15, -0.1) is 0 Å². The molecule has 0 saturated carbocycles. The fourth-order valence-electron chi connectivity index (χ4n) is 1.09. The van der Waals surface area contributed by atoms with Crippen molar-refractivity contribution in [1.29, 1.82) is 5.39 Å². The predicted octanol–water partition coefficient (Wildman–Crippen LogP) is 5.09. The molecule has 0 fully saturated rings. The molecule has 0 saturated heterocycles. The lowest BCUT2D eigenvalue weighted by atomic mass is 10.1. The molecule has 0 aromatic heterocycles. The molecule has 0 aliphatic rings. The van der Waals surface area contributed by atoms with Gasteiger partial charge >= 0.3 is 11.4 Å². The number of rotatable bonds is 1. The van der Waals surface area contributed by atoms with Crippen LogP contribution in [-0.4, -0.2) is 10.4 Å². The van der Waals surface area contributed by atoms with Gasteiger partial charge in [0.05, 0.1) is 6.07 Å². The van der Waals surface area contributed by atoms with Crippen molar-refractivity contribution in [2.75, 3.05) is 0 Å². The molecule has 0 N–H and O–H groups in total. The van der Waals surface area contributed by atoms with Crippen LogP contribution in [0.3, 0.4) is 0 Å². The van der Waals surface area contributed by atoms with Gasteiger partial charge < -0.3 is 5.21 Å². The Bertz CT molecular complexity index is 514. The Morgan fingerprint density at radius 2 is 1.82 bits per heavy atom. The zero-order valence-corrected chi connectivity index (χ0v) is 12.8. The molecule has 90 valence electrons. The summed E-state index contributed by atoms with van der Waals surface area (Å²) in [6, 6.07) is 3.07. The highest BCUT2D eigenvalue weighted by atomic mass is 79.9. The maximum atomic E-state index is 11.8. The molecule has 0 amide bonds. The summed E-state index contributed by atoms with van der Waals surface area (Å²) in [5.41, 5.74) is -0.172. The smallest absolute Gasteiger partial charge is 0.460 e. The SMILES string of the molecule is CC(C)(C)N=[N+]([O-])c1cc(Br)c(Br)cc1[N+]#N. The van der Waals surface area contributed by atoms with Crippen LogP contribution in [0.2, 0.25) is 0 Å². The molecular formula is C10H11Br2N4O+. The lowest BCUT2D eigenvalue weighted by molar-refractivity contribution is -0.448. The van der Waals surface area contributed by atoms with Gasteiger partial charge in [0.15, 0.2) is 4.98 Å². The average Bonchev–Trinajstić information content (AvgIpc) is 2.18. The van der Waals surface area contributed by atoms with Crippen LogP contribution in [0.4, 0.5) is 11.4 Å². The van der Waals surface area contributed by atoms with E-state index in [1.807, 2.05) is 20.8 Å². The molecule has 0 unspecified atom stereocenters. The average molecular weight is 363 g/mol. The Labute approximate surface area is 116 Å². The van der Waals surface area contributed by atoms with E-state index >= 15 is 0 Å². The summed E-state index contributed by atoms with van der Waals surface area (Å²) in [5, 5.41) is 24.6. The fraction of sp³-hybridized carbons (Fsp3) is 0.400. The highest BCUT2D eigenvalue weighted by Crippen LogP contribution is 2.36. The second-order valence-corrected chi connectivity index (χ2v) is 6.11. The van der Waals surface area contributed by atoms with Gasteiger partial charge in [0.25, 0.3) is 0 Å². The Morgan fingerprint density at radius 1 is 1.29 bits per heavy atom. The van der Waals surface area contributed by atoms with Gasteiger partial charge in [-0.2, -0.15) is 0 Å². The van der Waals surface area contributed by atoms with Gasteiger partial charge in [0, 0.05) is 15.0 Å². The molecule has 17 heavy (non-hydrogen) atoms. The van der Waals surface area contributed by atoms with Gasteiger partial charge in [-0.3, -0.25) is 0 Å². The fourth-order valence-corrected chi connectivity index (χ4v) is 1.75. The molecule has 5 nitrogen and oxygen atoms in total. The lowest BCUT2D eigenvalue weighted by Gasteiger charge is -2.08. The van der Waals surface area contributed by atoms with E-state index in [-0.39, 0.29) is 11.4 Å². The quantitative estimate of drug-likeness (QED) is 0.302. The molecule has 0 atom stereocenters. The third kappa shape index (κ3) is 3.75. The molecule has 1 aromatic rings. The molecule has 7 heteroatoms. The van der Waals surface area contributed by atoms with Crippen molar-refractivity contribution >= 4 is 43.2 Å². The topological polar surface area (TPSA) is 66.6 Å². The molecule has 1 rings (SSSR count). The summed E-state index contributed by atoms with van der Waals surface area (Å²) in [7, 11) is 0. The first-order valence-corrected chi connectivity index (χ1v) is 6.37. The summed E-state index contributed by atoms with van der Waals surface area (Å²) >= 11 is 6.54. The number of benzene rings is 1. The van der Waals surface area contributed by atoms with E-state index in [0.717, 1.165) is 0 Å². The van der Waals surface area contributed by atoms with Gasteiger partial charge in [-0.25, -0.2) is 0 Å². The van der Waals surface area contributed by atoms with Crippen LogP contribution in [0.25, 0.3) is 4.98 Å². The monoisotopic (exact) mass is 361 g/mol. The zero-order chi connectivity index (χ0) is 13.2. The second-order valence-electron chi connectivity index (χ2n) is 4.40. The van der Waals surface area contributed by atoms with Gasteiger partial charge in [0.2, 0.25) is 5.39 Å². The number of halogens is 2. The minimum Gasteiger partial charge on any atom is -0.594 e. The Hall–Kier alpha value is -1.00. The maximum Gasteiger partial charge on any atom is 0.460 e. The van der Waals surface area contributed by atoms with Crippen molar-refractivity contribution in [3.63, 3.8) is 0 Å². The second kappa shape index (κ2) is 5.10. The minimum absolute atomic E-state index is 0.156. The number of nitrogens with zero attached hydrogens (tertiary/aromatic N) is 4. The van der Waals surface area contributed by atoms with E-state index in [2.05, 4.69) is 42.0 Å². The van der Waals surface area contributed by atoms with E-state index in [9.17, 15) is 5.21 Å². The molecule has 0 heterocycles. The molecule has 0 spiro atoms. The summed E-state index contributed by atoms with van der Waals surface area (Å²) in [6.07, 6.45) is 0. The number of hydrogen-bond acceptors (Lipinski definition) is 3. The van der Waals surface area contributed by atoms with Crippen molar-refractivity contribution in [2.45, 2.75) is 26.3 Å². The van der Waals surface area contributed by atoms with Gasteiger partial charge in [-0.1, -0.05) is 0 Å². The van der Waals surface area contributed by atoms with Gasteiger partial charge in [-0.05, 0) is 62.6 Å². The third-order valence-electron chi connectivity index (χ3n) is 1.72. The maximum absolute atomic E-state index is 11.8. The van der Waals surface area contributed by atoms with Crippen molar-refractivity contribution in [2.24, 2.45) is 5.11 Å². The molecule has 0 bridgehead atoms. The van der Waals surface area contributed by atoms with E-state index in [1.54, 1.807) is 6.07 Å². The summed E-state index contributed by atoms with van der Waals surface area (Å²) in [4.78, 5) is 3.54. The summed E-state index contributed by atoms with van der Waals surface area (Å²) in [5.74, 6) is 0. The molecule has 1 aromatic carbocycles. The van der Waals surface area contributed by atoms with E-state index < -0.39 is 5.54 Å². The van der Waals surface area contributed by atoms with Crippen molar-refractivity contribution in [1.82, 2.24) is 0 Å². The standard InChI is InChI=1S/C10H11Br2N4O/c1-10(2,3)15-16(17)9-5-7(12)6(11)4-8(9)14-13/h4-5H,1-3H3/q+1. The van der Waals surface area contributed by atoms with Crippen molar-refractivity contribution in [3.8, 4) is 0 Å². The number of diazo groups is 1. The summed E-state index contributed by atoms with van der Waals surface area (Å²) < 4.78 is 1.38. The van der Waals surface area contributed by atoms with Crippen LogP contribution >= 0.6 is 31.9 Å². The number of hydrogen-bond donors (Lipinski definition) is 0. The molecular weight excluding hydrogens is 352 g/mol. The molecule has 0 aliphatic carbocycles. The van der Waals surface area contributed by atoms with E-state index in [0.29, 0.717) is 13.8 Å². The Morgan fingerprint density at radius 3 is 2.29 bits per heavy atom. The van der Waals surface area contributed by atoms with E-state index in [4.69, 9.17) is 5.39 Å². The Kier molecular flexibility index (Phi) is 4.22. The van der Waals surface area contributed by atoms with Crippen molar-refractivity contribution < 1.29 is 4.86 Å². The van der Waals surface area contributed by atoms with Crippen LogP contribution in [0, 0.1) is 10.6 Å². The zero-order valence-electron chi connectivity index (χ0n) is 9.61. The normalized spacial score (nSPS) is 12.4. The largest absolute Gasteiger partial charge is 0.594 e.